The summed E-state index contributed by atoms with van der Waals surface area (Å²) in [7, 11) is 0. The number of epoxide rings is 1. The molecule has 0 saturated carbocycles. The van der Waals surface area contributed by atoms with Gasteiger partial charge >= 0.3 is 0 Å². The van der Waals surface area contributed by atoms with Crippen LogP contribution in [0, 0.1) is 0 Å². The first-order chi connectivity index (χ1) is 9.11. The number of hydrogen-bond acceptors (Lipinski definition) is 2. The van der Waals surface area contributed by atoms with Crippen molar-refractivity contribution < 1.29 is 9.53 Å². The Kier molecular flexibility index (Phi) is 2.58. The minimum absolute atomic E-state index is 0.0463. The predicted octanol–water partition coefficient (Wildman–Crippen LogP) is 3.42. The van der Waals surface area contributed by atoms with Crippen molar-refractivity contribution >= 4 is 5.78 Å². The van der Waals surface area contributed by atoms with Crippen molar-refractivity contribution in [2.75, 3.05) is 0 Å². The molecule has 0 N–H and O–H groups in total. The van der Waals surface area contributed by atoms with Crippen LogP contribution in [-0.4, -0.2) is 5.78 Å². The molecule has 0 radical (unpaired) electrons. The molecule has 96 valence electrons. The first kappa shape index (κ1) is 12.1. The maximum absolute atomic E-state index is 12.2. The molecule has 0 bridgehead atoms. The predicted molar refractivity (Wildman–Crippen MR) is 73.7 cm³/mol. The Balaban J connectivity index is 2.11. The molecule has 1 aliphatic heterocycles. The van der Waals surface area contributed by atoms with Crippen molar-refractivity contribution in [1.82, 2.24) is 0 Å². The number of carbonyl (C=O) groups excluding carboxylic acids is 1. The summed E-state index contributed by atoms with van der Waals surface area (Å²) >= 11 is 0. The van der Waals surface area contributed by atoms with Gasteiger partial charge in [-0.15, -0.1) is 0 Å². The SMILES string of the molecule is CC(=O)C1(c2ccccc2)OC1(C)c1ccccc1. The van der Waals surface area contributed by atoms with E-state index in [1.54, 1.807) is 6.92 Å². The number of rotatable bonds is 3. The molecule has 1 heterocycles. The Morgan fingerprint density at radius 2 is 1.37 bits per heavy atom. The lowest BCUT2D eigenvalue weighted by molar-refractivity contribution is -0.122. The third-order valence-electron chi connectivity index (χ3n) is 3.99. The number of Topliss-reactive ketones (excluding diaryl/α,β-unsaturated/α-hetero) is 1. The van der Waals surface area contributed by atoms with Crippen molar-refractivity contribution in [2.24, 2.45) is 0 Å². The molecule has 2 atom stereocenters. The summed E-state index contributed by atoms with van der Waals surface area (Å²) in [6.07, 6.45) is 0. The summed E-state index contributed by atoms with van der Waals surface area (Å²) in [5.74, 6) is 0.0463. The van der Waals surface area contributed by atoms with Crippen LogP contribution in [0.1, 0.15) is 25.0 Å². The first-order valence-corrected chi connectivity index (χ1v) is 6.43. The number of hydrogen-bond donors (Lipinski definition) is 0. The molecule has 2 aromatic rings. The second-order valence-electron chi connectivity index (χ2n) is 5.10. The van der Waals surface area contributed by atoms with Gasteiger partial charge in [-0.3, -0.25) is 4.79 Å². The van der Waals surface area contributed by atoms with E-state index in [1.165, 1.54) is 0 Å². The van der Waals surface area contributed by atoms with Crippen LogP contribution in [0.25, 0.3) is 0 Å². The Hall–Kier alpha value is -1.93. The third kappa shape index (κ3) is 1.57. The molecule has 2 unspecified atom stereocenters. The quantitative estimate of drug-likeness (QED) is 0.783. The monoisotopic (exact) mass is 252 g/mol. The van der Waals surface area contributed by atoms with E-state index in [4.69, 9.17) is 4.74 Å². The third-order valence-corrected chi connectivity index (χ3v) is 3.99. The zero-order chi connectivity index (χ0) is 13.5. The molecule has 0 spiro atoms. The van der Waals surface area contributed by atoms with E-state index < -0.39 is 11.2 Å². The van der Waals surface area contributed by atoms with Gasteiger partial charge < -0.3 is 4.74 Å². The van der Waals surface area contributed by atoms with E-state index in [0.29, 0.717) is 0 Å². The zero-order valence-electron chi connectivity index (χ0n) is 11.1. The van der Waals surface area contributed by atoms with Crippen molar-refractivity contribution in [2.45, 2.75) is 25.0 Å². The van der Waals surface area contributed by atoms with Crippen LogP contribution < -0.4 is 0 Å². The normalized spacial score (nSPS) is 28.9. The maximum atomic E-state index is 12.2. The first-order valence-electron chi connectivity index (χ1n) is 6.43. The Bertz CT molecular complexity index is 606. The molecule has 19 heavy (non-hydrogen) atoms. The standard InChI is InChI=1S/C17H16O2/c1-13(18)17(15-11-7-4-8-12-15)16(2,19-17)14-9-5-3-6-10-14/h3-12H,1-2H3. The van der Waals surface area contributed by atoms with E-state index in [2.05, 4.69) is 0 Å². The highest BCUT2D eigenvalue weighted by molar-refractivity contribution is 5.91. The molecule has 2 heteroatoms. The van der Waals surface area contributed by atoms with Crippen molar-refractivity contribution in [1.29, 1.82) is 0 Å². The van der Waals surface area contributed by atoms with Crippen LogP contribution in [0.2, 0.25) is 0 Å². The van der Waals surface area contributed by atoms with Crippen LogP contribution in [0.3, 0.4) is 0 Å². The van der Waals surface area contributed by atoms with Crippen molar-refractivity contribution in [3.8, 4) is 0 Å². The van der Waals surface area contributed by atoms with Crippen LogP contribution in [0.15, 0.2) is 60.7 Å². The van der Waals surface area contributed by atoms with Gasteiger partial charge in [0.25, 0.3) is 0 Å². The summed E-state index contributed by atoms with van der Waals surface area (Å²) in [6.45, 7) is 3.58. The lowest BCUT2D eigenvalue weighted by atomic mass is 9.80. The Morgan fingerprint density at radius 3 is 1.84 bits per heavy atom. The molecular formula is C17H16O2. The smallest absolute Gasteiger partial charge is 0.185 e. The molecule has 2 aromatic carbocycles. The zero-order valence-corrected chi connectivity index (χ0v) is 11.1. The van der Waals surface area contributed by atoms with Crippen LogP contribution >= 0.6 is 0 Å². The Labute approximate surface area is 113 Å². The average Bonchev–Trinajstić information content (AvgIpc) is 3.10. The minimum Gasteiger partial charge on any atom is -0.344 e. The highest BCUT2D eigenvalue weighted by Crippen LogP contribution is 2.62. The fourth-order valence-corrected chi connectivity index (χ4v) is 2.92. The molecule has 3 rings (SSSR count). The largest absolute Gasteiger partial charge is 0.344 e. The van der Waals surface area contributed by atoms with Gasteiger partial charge in [0.1, 0.15) is 5.60 Å². The molecule has 0 aromatic heterocycles. The van der Waals surface area contributed by atoms with Crippen molar-refractivity contribution in [3.63, 3.8) is 0 Å². The summed E-state index contributed by atoms with van der Waals surface area (Å²) in [6, 6.07) is 19.6. The number of benzene rings is 2. The van der Waals surface area contributed by atoms with Crippen LogP contribution in [0.4, 0.5) is 0 Å². The lowest BCUT2D eigenvalue weighted by Gasteiger charge is -2.15. The number of ketones is 1. The lowest BCUT2D eigenvalue weighted by Crippen LogP contribution is -2.27. The summed E-state index contributed by atoms with van der Waals surface area (Å²) < 4.78 is 5.98. The van der Waals surface area contributed by atoms with Gasteiger partial charge in [0.2, 0.25) is 0 Å². The minimum atomic E-state index is -0.838. The van der Waals surface area contributed by atoms with Crippen molar-refractivity contribution in [3.05, 3.63) is 71.8 Å². The van der Waals surface area contributed by atoms with Gasteiger partial charge in [-0.25, -0.2) is 0 Å². The number of ether oxygens (including phenoxy) is 1. The molecule has 1 fully saturated rings. The van der Waals surface area contributed by atoms with Crippen LogP contribution in [-0.2, 0) is 20.7 Å². The second kappa shape index (κ2) is 4.04. The molecular weight excluding hydrogens is 236 g/mol. The molecule has 0 aliphatic carbocycles. The van der Waals surface area contributed by atoms with Gasteiger partial charge in [-0.1, -0.05) is 60.7 Å². The maximum Gasteiger partial charge on any atom is 0.185 e. The van der Waals surface area contributed by atoms with Gasteiger partial charge in [-0.05, 0) is 25.0 Å². The summed E-state index contributed by atoms with van der Waals surface area (Å²) in [5, 5.41) is 0. The summed E-state index contributed by atoms with van der Waals surface area (Å²) in [4.78, 5) is 12.2. The highest BCUT2D eigenvalue weighted by Gasteiger charge is 2.71. The van der Waals surface area contributed by atoms with Gasteiger partial charge in [0.15, 0.2) is 11.4 Å². The average molecular weight is 252 g/mol. The van der Waals surface area contributed by atoms with E-state index in [0.717, 1.165) is 11.1 Å². The Morgan fingerprint density at radius 1 is 0.895 bits per heavy atom. The molecule has 1 saturated heterocycles. The molecule has 2 nitrogen and oxygen atoms in total. The fraction of sp³-hybridized carbons (Fsp3) is 0.235. The van der Waals surface area contributed by atoms with E-state index in [1.807, 2.05) is 67.6 Å². The molecule has 0 amide bonds. The van der Waals surface area contributed by atoms with Gasteiger partial charge in [-0.2, -0.15) is 0 Å². The van der Waals surface area contributed by atoms with Gasteiger partial charge in [0, 0.05) is 0 Å². The summed E-state index contributed by atoms with van der Waals surface area (Å²) in [5.41, 5.74) is 0.555. The van der Waals surface area contributed by atoms with E-state index in [-0.39, 0.29) is 5.78 Å². The van der Waals surface area contributed by atoms with Crippen LogP contribution in [0.5, 0.6) is 0 Å². The topological polar surface area (TPSA) is 29.6 Å². The highest BCUT2D eigenvalue weighted by atomic mass is 16.6. The fourth-order valence-electron chi connectivity index (χ4n) is 2.92. The van der Waals surface area contributed by atoms with E-state index >= 15 is 0 Å². The second-order valence-corrected chi connectivity index (χ2v) is 5.10. The number of carbonyl (C=O) groups is 1. The molecule has 1 aliphatic rings. The van der Waals surface area contributed by atoms with E-state index in [9.17, 15) is 4.79 Å². The van der Waals surface area contributed by atoms with Gasteiger partial charge in [0.05, 0.1) is 0 Å².